The quantitative estimate of drug-likeness (QED) is 0.245. The lowest BCUT2D eigenvalue weighted by Gasteiger charge is -2.11. The molecule has 0 spiro atoms. The summed E-state index contributed by atoms with van der Waals surface area (Å²) in [6, 6.07) is 0. The number of aliphatic hydroxyl groups excluding tert-OH is 1. The van der Waals surface area contributed by atoms with Crippen molar-refractivity contribution in [3.8, 4) is 0 Å². The van der Waals surface area contributed by atoms with Gasteiger partial charge in [-0.15, -0.1) is 0 Å². The molecule has 0 aromatic rings. The number of unbranched alkanes of at least 4 members (excludes halogenated alkanes) is 2. The molecular weight excluding hydrogens is 306 g/mol. The minimum absolute atomic E-state index is 0.0122. The maximum atomic E-state index is 11.3. The summed E-state index contributed by atoms with van der Waals surface area (Å²) in [5.74, 6) is -2.73. The van der Waals surface area contributed by atoms with E-state index in [1.165, 1.54) is 0 Å². The Morgan fingerprint density at radius 1 is 1.29 bits per heavy atom. The Balaban J connectivity index is 0. The highest BCUT2D eigenvalue weighted by atomic mass is 32.2. The smallest absolute Gasteiger partial charge is 0.327 e. The molecule has 0 amide bonds. The molecule has 0 fully saturated rings. The fraction of sp³-hybridized carbons (Fsp3) is 0.818. The largest absolute Gasteiger partial charge is 0.481 e. The topological polar surface area (TPSA) is 164 Å². The first kappa shape index (κ1) is 22.1. The standard InChI is InChI=1S/C9H16O7S.C2H7NO/c1-2-3-4-5-16-9(12)7(6-8(10)11)17(13,14)15;3-1-2-4/h7H,2-6H2,1H3,(H,10,11)(H,13,14,15);4H,1-3H2. The van der Waals surface area contributed by atoms with E-state index in [4.69, 9.17) is 20.5 Å². The predicted octanol–water partition coefficient (Wildman–Crippen LogP) is -0.612. The van der Waals surface area contributed by atoms with Crippen LogP contribution < -0.4 is 5.73 Å². The van der Waals surface area contributed by atoms with E-state index < -0.39 is 33.7 Å². The van der Waals surface area contributed by atoms with Gasteiger partial charge in [0.05, 0.1) is 19.6 Å². The van der Waals surface area contributed by atoms with Crippen LogP contribution in [-0.2, 0) is 24.4 Å². The second-order valence-corrected chi connectivity index (χ2v) is 5.59. The van der Waals surface area contributed by atoms with Crippen molar-refractivity contribution < 1.29 is 37.5 Å². The highest BCUT2D eigenvalue weighted by Crippen LogP contribution is 2.08. The Morgan fingerprint density at radius 2 is 1.81 bits per heavy atom. The van der Waals surface area contributed by atoms with Crippen LogP contribution in [-0.4, -0.2) is 60.1 Å². The minimum Gasteiger partial charge on any atom is -0.481 e. The van der Waals surface area contributed by atoms with Crippen LogP contribution in [0.25, 0.3) is 0 Å². The molecule has 0 aliphatic carbocycles. The van der Waals surface area contributed by atoms with Gasteiger partial charge in [-0.05, 0) is 6.42 Å². The molecule has 10 heteroatoms. The number of carbonyl (C=O) groups is 2. The molecule has 0 aromatic carbocycles. The number of aliphatic carboxylic acids is 1. The zero-order valence-corrected chi connectivity index (χ0v) is 12.7. The van der Waals surface area contributed by atoms with Gasteiger partial charge in [0.2, 0.25) is 0 Å². The zero-order valence-electron chi connectivity index (χ0n) is 11.9. The van der Waals surface area contributed by atoms with Crippen LogP contribution in [0.15, 0.2) is 0 Å². The number of carboxylic acid groups (broad SMARTS) is 1. The monoisotopic (exact) mass is 329 g/mol. The molecule has 9 nitrogen and oxygen atoms in total. The summed E-state index contributed by atoms with van der Waals surface area (Å²) in [4.78, 5) is 21.6. The fourth-order valence-corrected chi connectivity index (χ4v) is 1.75. The number of carboxylic acids is 1. The molecule has 0 saturated heterocycles. The number of hydrogen-bond donors (Lipinski definition) is 4. The number of ether oxygens (including phenoxy) is 1. The van der Waals surface area contributed by atoms with E-state index in [9.17, 15) is 18.0 Å². The van der Waals surface area contributed by atoms with Gasteiger partial charge in [0.1, 0.15) is 0 Å². The first-order chi connectivity index (χ1) is 9.70. The Morgan fingerprint density at radius 3 is 2.14 bits per heavy atom. The maximum absolute atomic E-state index is 11.3. The second-order valence-electron chi connectivity index (χ2n) is 3.99. The van der Waals surface area contributed by atoms with Crippen LogP contribution in [0.5, 0.6) is 0 Å². The van der Waals surface area contributed by atoms with Crippen molar-refractivity contribution in [3.05, 3.63) is 0 Å². The van der Waals surface area contributed by atoms with Crippen molar-refractivity contribution >= 4 is 22.1 Å². The summed E-state index contributed by atoms with van der Waals surface area (Å²) in [5.41, 5.74) is 4.78. The average Bonchev–Trinajstić information content (AvgIpc) is 2.39. The Hall–Kier alpha value is -1.23. The van der Waals surface area contributed by atoms with Crippen molar-refractivity contribution in [1.82, 2.24) is 0 Å². The molecule has 0 radical (unpaired) electrons. The Labute approximate surface area is 123 Å². The lowest BCUT2D eigenvalue weighted by atomic mass is 10.2. The lowest BCUT2D eigenvalue weighted by Crippen LogP contribution is -2.34. The van der Waals surface area contributed by atoms with Gasteiger partial charge in [-0.1, -0.05) is 19.8 Å². The predicted molar refractivity (Wildman–Crippen MR) is 74.2 cm³/mol. The molecule has 0 aromatic heterocycles. The van der Waals surface area contributed by atoms with Gasteiger partial charge in [-0.25, -0.2) is 0 Å². The summed E-state index contributed by atoms with van der Waals surface area (Å²) < 4.78 is 34.9. The van der Waals surface area contributed by atoms with Crippen molar-refractivity contribution in [2.24, 2.45) is 5.73 Å². The average molecular weight is 329 g/mol. The molecule has 0 bridgehead atoms. The van der Waals surface area contributed by atoms with Crippen LogP contribution in [0.3, 0.4) is 0 Å². The van der Waals surface area contributed by atoms with Gasteiger partial charge >= 0.3 is 11.9 Å². The third kappa shape index (κ3) is 13.5. The van der Waals surface area contributed by atoms with Crippen LogP contribution in [0.4, 0.5) is 0 Å². The molecule has 5 N–H and O–H groups in total. The normalized spacial score (nSPS) is 12.0. The van der Waals surface area contributed by atoms with Gasteiger partial charge in [0.15, 0.2) is 5.25 Å². The van der Waals surface area contributed by atoms with Crippen LogP contribution in [0, 0.1) is 0 Å². The molecule has 0 rings (SSSR count). The molecular formula is C11H23NO8S. The molecule has 0 aliphatic heterocycles. The number of hydrogen-bond acceptors (Lipinski definition) is 7. The van der Waals surface area contributed by atoms with E-state index in [-0.39, 0.29) is 13.2 Å². The zero-order chi connectivity index (χ0) is 16.9. The Bertz CT molecular complexity index is 393. The van der Waals surface area contributed by atoms with Gasteiger partial charge in [-0.3, -0.25) is 14.1 Å². The third-order valence-electron chi connectivity index (χ3n) is 2.10. The molecule has 21 heavy (non-hydrogen) atoms. The van der Waals surface area contributed by atoms with Crippen molar-refractivity contribution in [2.75, 3.05) is 19.8 Å². The van der Waals surface area contributed by atoms with Crippen LogP contribution in [0.1, 0.15) is 32.6 Å². The Kier molecular flexibility index (Phi) is 13.1. The summed E-state index contributed by atoms with van der Waals surface area (Å²) in [6.07, 6.45) is 1.26. The van der Waals surface area contributed by atoms with E-state index in [0.717, 1.165) is 12.8 Å². The molecule has 0 saturated carbocycles. The van der Waals surface area contributed by atoms with E-state index >= 15 is 0 Å². The van der Waals surface area contributed by atoms with Crippen molar-refractivity contribution in [2.45, 2.75) is 37.9 Å². The SMILES string of the molecule is CCCCCOC(=O)C(CC(=O)O)S(=O)(=O)O.NCCO. The fourth-order valence-electron chi connectivity index (χ4n) is 1.09. The minimum atomic E-state index is -4.76. The highest BCUT2D eigenvalue weighted by Gasteiger charge is 2.34. The van der Waals surface area contributed by atoms with Gasteiger partial charge < -0.3 is 20.7 Å². The van der Waals surface area contributed by atoms with Gasteiger partial charge in [-0.2, -0.15) is 8.42 Å². The molecule has 1 atom stereocenters. The van der Waals surface area contributed by atoms with E-state index in [2.05, 4.69) is 4.74 Å². The van der Waals surface area contributed by atoms with E-state index in [1.807, 2.05) is 6.92 Å². The maximum Gasteiger partial charge on any atom is 0.327 e. The summed E-state index contributed by atoms with van der Waals surface area (Å²) in [7, 11) is -4.76. The summed E-state index contributed by atoms with van der Waals surface area (Å²) in [6.45, 7) is 2.42. The number of aliphatic hydroxyl groups is 1. The van der Waals surface area contributed by atoms with Gasteiger partial charge in [0, 0.05) is 6.54 Å². The lowest BCUT2D eigenvalue weighted by molar-refractivity contribution is -0.147. The van der Waals surface area contributed by atoms with Crippen LogP contribution >= 0.6 is 0 Å². The summed E-state index contributed by atoms with van der Waals surface area (Å²) >= 11 is 0. The molecule has 0 heterocycles. The molecule has 0 aliphatic rings. The number of rotatable bonds is 9. The number of esters is 1. The molecule has 1 unspecified atom stereocenters. The first-order valence-electron chi connectivity index (χ1n) is 6.36. The van der Waals surface area contributed by atoms with Crippen LogP contribution in [0.2, 0.25) is 0 Å². The number of nitrogens with two attached hydrogens (primary N) is 1. The second kappa shape index (κ2) is 12.5. The van der Waals surface area contributed by atoms with Gasteiger partial charge in [0.25, 0.3) is 10.1 Å². The van der Waals surface area contributed by atoms with E-state index in [0.29, 0.717) is 13.0 Å². The molecule has 126 valence electrons. The van der Waals surface area contributed by atoms with E-state index in [1.54, 1.807) is 0 Å². The summed E-state index contributed by atoms with van der Waals surface area (Å²) in [5, 5.41) is 14.1. The van der Waals surface area contributed by atoms with Crippen molar-refractivity contribution in [1.29, 1.82) is 0 Å². The highest BCUT2D eigenvalue weighted by molar-refractivity contribution is 7.87. The number of carbonyl (C=O) groups excluding carboxylic acids is 1. The third-order valence-corrected chi connectivity index (χ3v) is 3.18. The van der Waals surface area contributed by atoms with Crippen molar-refractivity contribution in [3.63, 3.8) is 0 Å². The first-order valence-corrected chi connectivity index (χ1v) is 7.86.